The highest BCUT2D eigenvalue weighted by Gasteiger charge is 2.08. The maximum Gasteiger partial charge on any atom is 0.307 e. The Morgan fingerprint density at radius 1 is 1.17 bits per heavy atom. The van der Waals surface area contributed by atoms with Gasteiger partial charge in [-0.25, -0.2) is 0 Å². The van der Waals surface area contributed by atoms with Crippen molar-refractivity contribution in [2.24, 2.45) is 0 Å². The van der Waals surface area contributed by atoms with Gasteiger partial charge >= 0.3 is 11.9 Å². The second-order valence-corrected chi connectivity index (χ2v) is 4.64. The summed E-state index contributed by atoms with van der Waals surface area (Å²) in [7, 11) is 0. The summed E-state index contributed by atoms with van der Waals surface area (Å²) >= 11 is 0. The van der Waals surface area contributed by atoms with Crippen LogP contribution in [0.15, 0.2) is 11.8 Å². The smallest absolute Gasteiger partial charge is 0.307 e. The third-order valence-corrected chi connectivity index (χ3v) is 2.74. The highest BCUT2D eigenvalue weighted by molar-refractivity contribution is 5.97. The standard InChI is InChI=1S/C15H23N3O5/c1-2-23-14(21)7-9-17-11-12(10-16)15(22)18-8-5-3-4-6-13(19)20/h11,17H,2-9H2,1H3,(H,18,22)(H,19,20)/b12-11-. The minimum absolute atomic E-state index is 0.0839. The fourth-order valence-corrected chi connectivity index (χ4v) is 1.61. The van der Waals surface area contributed by atoms with Gasteiger partial charge in [0.1, 0.15) is 11.6 Å². The van der Waals surface area contributed by atoms with Crippen molar-refractivity contribution in [1.29, 1.82) is 5.26 Å². The van der Waals surface area contributed by atoms with Gasteiger partial charge in [-0.2, -0.15) is 5.26 Å². The Kier molecular flexibility index (Phi) is 11.7. The van der Waals surface area contributed by atoms with Crippen LogP contribution in [-0.4, -0.2) is 42.6 Å². The molecule has 0 saturated heterocycles. The number of nitriles is 1. The number of nitrogens with one attached hydrogen (secondary N) is 2. The second kappa shape index (κ2) is 13.1. The molecule has 0 saturated carbocycles. The molecule has 3 N–H and O–H groups in total. The molecular weight excluding hydrogens is 302 g/mol. The Hall–Kier alpha value is -2.56. The lowest BCUT2D eigenvalue weighted by molar-refractivity contribution is -0.143. The van der Waals surface area contributed by atoms with E-state index in [1.807, 2.05) is 0 Å². The lowest BCUT2D eigenvalue weighted by atomic mass is 10.2. The molecule has 128 valence electrons. The van der Waals surface area contributed by atoms with Gasteiger partial charge in [0.05, 0.1) is 13.0 Å². The number of carbonyl (C=O) groups excluding carboxylic acids is 2. The number of nitrogens with zero attached hydrogens (tertiary/aromatic N) is 1. The Bertz CT molecular complexity index is 468. The van der Waals surface area contributed by atoms with E-state index >= 15 is 0 Å². The first kappa shape index (κ1) is 20.4. The summed E-state index contributed by atoms with van der Waals surface area (Å²) in [5.74, 6) is -1.69. The average molecular weight is 325 g/mol. The number of esters is 1. The molecule has 0 aromatic carbocycles. The lowest BCUT2D eigenvalue weighted by Crippen LogP contribution is -2.27. The first-order valence-corrected chi connectivity index (χ1v) is 7.50. The monoisotopic (exact) mass is 325 g/mol. The van der Waals surface area contributed by atoms with Crippen molar-refractivity contribution in [2.75, 3.05) is 19.7 Å². The largest absolute Gasteiger partial charge is 0.481 e. The molecule has 0 aromatic rings. The summed E-state index contributed by atoms with van der Waals surface area (Å²) in [6.07, 6.45) is 3.42. The molecule has 0 aromatic heterocycles. The first-order chi connectivity index (χ1) is 11.0. The van der Waals surface area contributed by atoms with Crippen LogP contribution in [0.5, 0.6) is 0 Å². The Morgan fingerprint density at radius 2 is 1.91 bits per heavy atom. The van der Waals surface area contributed by atoms with Crippen LogP contribution in [0.1, 0.15) is 39.0 Å². The second-order valence-electron chi connectivity index (χ2n) is 4.64. The average Bonchev–Trinajstić information content (AvgIpc) is 2.50. The van der Waals surface area contributed by atoms with E-state index in [4.69, 9.17) is 15.1 Å². The fourth-order valence-electron chi connectivity index (χ4n) is 1.61. The van der Waals surface area contributed by atoms with Gasteiger partial charge in [-0.05, 0) is 19.8 Å². The molecule has 0 aliphatic rings. The molecule has 0 atom stereocenters. The predicted octanol–water partition coefficient (Wildman–Crippen LogP) is 0.698. The molecule has 23 heavy (non-hydrogen) atoms. The fraction of sp³-hybridized carbons (Fsp3) is 0.600. The van der Waals surface area contributed by atoms with Crippen LogP contribution in [0.4, 0.5) is 0 Å². The van der Waals surface area contributed by atoms with Crippen molar-refractivity contribution in [3.63, 3.8) is 0 Å². The zero-order valence-electron chi connectivity index (χ0n) is 13.3. The molecule has 0 heterocycles. The van der Waals surface area contributed by atoms with Crippen LogP contribution in [0.2, 0.25) is 0 Å². The Morgan fingerprint density at radius 3 is 2.52 bits per heavy atom. The number of hydrogen-bond acceptors (Lipinski definition) is 6. The SMILES string of the molecule is CCOC(=O)CCN/C=C(/C#N)C(=O)NCCCCCC(=O)O. The minimum Gasteiger partial charge on any atom is -0.481 e. The highest BCUT2D eigenvalue weighted by atomic mass is 16.5. The van der Waals surface area contributed by atoms with Crippen LogP contribution in [-0.2, 0) is 19.1 Å². The summed E-state index contributed by atoms with van der Waals surface area (Å²) < 4.78 is 4.74. The number of ether oxygens (including phenoxy) is 1. The molecule has 0 fully saturated rings. The lowest BCUT2D eigenvalue weighted by Gasteiger charge is -2.05. The van der Waals surface area contributed by atoms with E-state index in [-0.39, 0.29) is 30.9 Å². The predicted molar refractivity (Wildman–Crippen MR) is 82.1 cm³/mol. The molecule has 0 rings (SSSR count). The normalized spacial score (nSPS) is 10.5. The number of aliphatic carboxylic acids is 1. The summed E-state index contributed by atoms with van der Waals surface area (Å²) in [5, 5.41) is 22.7. The van der Waals surface area contributed by atoms with Crippen LogP contribution in [0.3, 0.4) is 0 Å². The van der Waals surface area contributed by atoms with Crippen LogP contribution in [0, 0.1) is 11.3 Å². The Balaban J connectivity index is 3.93. The number of amides is 1. The third kappa shape index (κ3) is 11.7. The van der Waals surface area contributed by atoms with Crippen LogP contribution in [0.25, 0.3) is 0 Å². The molecule has 8 nitrogen and oxygen atoms in total. The van der Waals surface area contributed by atoms with Crippen molar-refractivity contribution in [1.82, 2.24) is 10.6 Å². The van der Waals surface area contributed by atoms with Crippen LogP contribution < -0.4 is 10.6 Å². The van der Waals surface area contributed by atoms with E-state index in [9.17, 15) is 14.4 Å². The Labute approximate surface area is 135 Å². The summed E-state index contributed by atoms with van der Waals surface area (Å²) in [6.45, 7) is 2.67. The summed E-state index contributed by atoms with van der Waals surface area (Å²) in [6, 6.07) is 1.77. The maximum atomic E-state index is 11.7. The molecular formula is C15H23N3O5. The molecule has 0 spiro atoms. The van der Waals surface area contributed by atoms with Crippen LogP contribution >= 0.6 is 0 Å². The first-order valence-electron chi connectivity index (χ1n) is 7.50. The van der Waals surface area contributed by atoms with Crippen molar-refractivity contribution < 1.29 is 24.2 Å². The number of hydrogen-bond donors (Lipinski definition) is 3. The number of carboxylic acid groups (broad SMARTS) is 1. The molecule has 0 unspecified atom stereocenters. The molecule has 8 heteroatoms. The molecule has 0 bridgehead atoms. The van der Waals surface area contributed by atoms with Crippen molar-refractivity contribution in [3.05, 3.63) is 11.8 Å². The van der Waals surface area contributed by atoms with Gasteiger partial charge in [-0.15, -0.1) is 0 Å². The third-order valence-electron chi connectivity index (χ3n) is 2.74. The summed E-state index contributed by atoms with van der Waals surface area (Å²) in [5.41, 5.74) is -0.0839. The number of rotatable bonds is 12. The summed E-state index contributed by atoms with van der Waals surface area (Å²) in [4.78, 5) is 33.1. The van der Waals surface area contributed by atoms with Gasteiger partial charge < -0.3 is 20.5 Å². The van der Waals surface area contributed by atoms with E-state index < -0.39 is 11.9 Å². The van der Waals surface area contributed by atoms with Crippen molar-refractivity contribution >= 4 is 17.8 Å². The van der Waals surface area contributed by atoms with Gasteiger partial charge in [0.25, 0.3) is 5.91 Å². The minimum atomic E-state index is -0.836. The van der Waals surface area contributed by atoms with Gasteiger partial charge in [0.2, 0.25) is 0 Å². The van der Waals surface area contributed by atoms with E-state index in [0.29, 0.717) is 32.4 Å². The zero-order chi connectivity index (χ0) is 17.5. The zero-order valence-corrected chi connectivity index (χ0v) is 13.3. The van der Waals surface area contributed by atoms with E-state index in [2.05, 4.69) is 10.6 Å². The van der Waals surface area contributed by atoms with E-state index in [0.717, 1.165) is 0 Å². The van der Waals surface area contributed by atoms with Gasteiger partial charge in [0.15, 0.2) is 0 Å². The molecule has 1 amide bonds. The maximum absolute atomic E-state index is 11.7. The number of carboxylic acids is 1. The quantitative estimate of drug-likeness (QED) is 0.208. The van der Waals surface area contributed by atoms with Crippen molar-refractivity contribution in [3.8, 4) is 6.07 Å². The molecule has 0 radical (unpaired) electrons. The van der Waals surface area contributed by atoms with E-state index in [1.54, 1.807) is 13.0 Å². The highest BCUT2D eigenvalue weighted by Crippen LogP contribution is 1.99. The molecule has 0 aliphatic heterocycles. The molecule has 0 aliphatic carbocycles. The van der Waals surface area contributed by atoms with E-state index in [1.165, 1.54) is 6.20 Å². The van der Waals surface area contributed by atoms with Crippen molar-refractivity contribution in [2.45, 2.75) is 39.0 Å². The topological polar surface area (TPSA) is 129 Å². The van der Waals surface area contributed by atoms with Gasteiger partial charge in [-0.3, -0.25) is 14.4 Å². The number of unbranched alkanes of at least 4 members (excludes halogenated alkanes) is 2. The van der Waals surface area contributed by atoms with Gasteiger partial charge in [0, 0.05) is 25.7 Å². The number of carbonyl (C=O) groups is 3. The van der Waals surface area contributed by atoms with Gasteiger partial charge in [-0.1, -0.05) is 6.42 Å².